The highest BCUT2D eigenvalue weighted by Gasteiger charge is 2.25. The van der Waals surface area contributed by atoms with Crippen molar-refractivity contribution in [1.82, 2.24) is 4.90 Å². The second-order valence-corrected chi connectivity index (χ2v) is 8.24. The minimum absolute atomic E-state index is 0.0221. The van der Waals surface area contributed by atoms with Gasteiger partial charge in [-0.15, -0.1) is 0 Å². The first-order chi connectivity index (χ1) is 15.0. The first kappa shape index (κ1) is 23.5. The Balaban J connectivity index is 1.99. The summed E-state index contributed by atoms with van der Waals surface area (Å²) in [6.07, 6.45) is 0.986. The highest BCUT2D eigenvalue weighted by atomic mass is 35.5. The van der Waals surface area contributed by atoms with Crippen molar-refractivity contribution < 1.29 is 19.4 Å². The molecule has 0 saturated carbocycles. The smallest absolute Gasteiger partial charge is 0.304 e. The van der Waals surface area contributed by atoms with Crippen LogP contribution in [-0.4, -0.2) is 56.0 Å². The van der Waals surface area contributed by atoms with Crippen LogP contribution in [0.3, 0.4) is 0 Å². The van der Waals surface area contributed by atoms with Gasteiger partial charge in [-0.2, -0.15) is 0 Å². The largest absolute Gasteiger partial charge is 0.481 e. The quantitative estimate of drug-likeness (QED) is 0.530. The van der Waals surface area contributed by atoms with E-state index in [1.807, 2.05) is 30.3 Å². The molecular formula is C24H31ClN2O4. The molecule has 0 aromatic heterocycles. The number of nitrogens with zero attached hydrogens (tertiary/aromatic N) is 1. The fourth-order valence-electron chi connectivity index (χ4n) is 4.16. The minimum Gasteiger partial charge on any atom is -0.481 e. The number of carboxylic acids is 1. The van der Waals surface area contributed by atoms with E-state index in [1.165, 1.54) is 5.56 Å². The lowest BCUT2D eigenvalue weighted by Gasteiger charge is -2.35. The van der Waals surface area contributed by atoms with Crippen molar-refractivity contribution in [1.29, 1.82) is 0 Å². The van der Waals surface area contributed by atoms with Gasteiger partial charge in [-0.05, 0) is 47.9 Å². The number of aliphatic carboxylic acids is 1. The van der Waals surface area contributed by atoms with E-state index in [0.717, 1.165) is 49.7 Å². The number of benzene rings is 2. The van der Waals surface area contributed by atoms with Crippen molar-refractivity contribution >= 4 is 28.9 Å². The Morgan fingerprint density at radius 1 is 1.23 bits per heavy atom. The molecule has 2 atom stereocenters. The summed E-state index contributed by atoms with van der Waals surface area (Å²) in [6.45, 7) is 5.81. The van der Waals surface area contributed by atoms with Crippen molar-refractivity contribution in [2.75, 3.05) is 45.3 Å². The van der Waals surface area contributed by atoms with Crippen LogP contribution < -0.4 is 5.32 Å². The van der Waals surface area contributed by atoms with Crippen LogP contribution in [0.4, 0.5) is 11.4 Å². The number of carbonyl (C=O) groups is 1. The molecule has 0 bridgehead atoms. The second kappa shape index (κ2) is 11.5. The zero-order chi connectivity index (χ0) is 22.2. The summed E-state index contributed by atoms with van der Waals surface area (Å²) < 4.78 is 10.8. The van der Waals surface area contributed by atoms with Gasteiger partial charge in [-0.3, -0.25) is 9.69 Å². The normalized spacial score (nSPS) is 16.6. The Morgan fingerprint density at radius 2 is 1.94 bits per heavy atom. The van der Waals surface area contributed by atoms with E-state index in [0.29, 0.717) is 11.6 Å². The predicted molar refractivity (Wildman–Crippen MR) is 123 cm³/mol. The van der Waals surface area contributed by atoms with E-state index >= 15 is 0 Å². The molecule has 2 aromatic carbocycles. The Bertz CT molecular complexity index is 853. The summed E-state index contributed by atoms with van der Waals surface area (Å²) >= 11 is 6.05. The average molecular weight is 447 g/mol. The lowest BCUT2D eigenvalue weighted by molar-refractivity contribution is -0.137. The topological polar surface area (TPSA) is 71.0 Å². The molecule has 31 heavy (non-hydrogen) atoms. The lowest BCUT2D eigenvalue weighted by Crippen LogP contribution is -2.39. The van der Waals surface area contributed by atoms with E-state index < -0.39 is 5.97 Å². The highest BCUT2D eigenvalue weighted by Crippen LogP contribution is 2.35. The summed E-state index contributed by atoms with van der Waals surface area (Å²) in [6, 6.07) is 14.1. The maximum Gasteiger partial charge on any atom is 0.304 e. The summed E-state index contributed by atoms with van der Waals surface area (Å²) in [4.78, 5) is 13.8. The monoisotopic (exact) mass is 446 g/mol. The summed E-state index contributed by atoms with van der Waals surface area (Å²) in [5, 5.41) is 13.6. The first-order valence-corrected chi connectivity index (χ1v) is 11.1. The van der Waals surface area contributed by atoms with Gasteiger partial charge in [0.2, 0.25) is 0 Å². The number of ether oxygens (including phenoxy) is 2. The van der Waals surface area contributed by atoms with Crippen molar-refractivity contribution in [3.05, 3.63) is 58.6 Å². The maximum absolute atomic E-state index is 11.4. The molecule has 0 radical (unpaired) electrons. The molecule has 1 aliphatic heterocycles. The number of methoxy groups -OCH3 is 1. The summed E-state index contributed by atoms with van der Waals surface area (Å²) in [7, 11) is 1.60. The molecule has 1 aliphatic rings. The molecule has 1 unspecified atom stereocenters. The number of halogens is 1. The van der Waals surface area contributed by atoms with Crippen molar-refractivity contribution in [3.63, 3.8) is 0 Å². The van der Waals surface area contributed by atoms with Gasteiger partial charge >= 0.3 is 5.97 Å². The van der Waals surface area contributed by atoms with Crippen LogP contribution in [0, 0.1) is 0 Å². The third kappa shape index (κ3) is 6.43. The zero-order valence-corrected chi connectivity index (χ0v) is 18.9. The number of nitrogens with one attached hydrogen (secondary N) is 1. The maximum atomic E-state index is 11.4. The zero-order valence-electron chi connectivity index (χ0n) is 18.1. The molecule has 0 amide bonds. The standard InChI is InChI=1S/C24H31ClN2O4/c1-3-23(27-10-12-31-13-11-27)21-9-4-17(18(16-30-2)15-24(28)29)14-22(21)26-20-7-5-19(25)6-8-20/h4-9,14,18,23,26H,3,10-13,15-16H2,1-2H3,(H,28,29)/t18?,23-/m0/s1. The average Bonchev–Trinajstić information content (AvgIpc) is 2.77. The SMILES string of the molecule is CC[C@@H](c1ccc(C(COC)CC(=O)O)cc1Nc1ccc(Cl)cc1)N1CCOCC1. The van der Waals surface area contributed by atoms with E-state index in [1.54, 1.807) is 7.11 Å². The molecule has 3 rings (SSSR count). The van der Waals surface area contributed by atoms with Crippen LogP contribution in [0.25, 0.3) is 0 Å². The first-order valence-electron chi connectivity index (χ1n) is 10.7. The predicted octanol–water partition coefficient (Wildman–Crippen LogP) is 5.07. The van der Waals surface area contributed by atoms with Gasteiger partial charge in [-0.1, -0.05) is 30.7 Å². The number of hydrogen-bond acceptors (Lipinski definition) is 5. The molecule has 2 aromatic rings. The Kier molecular flexibility index (Phi) is 8.72. The summed E-state index contributed by atoms with van der Waals surface area (Å²) in [5.74, 6) is -1.05. The Labute approximate surface area is 189 Å². The van der Waals surface area contributed by atoms with Gasteiger partial charge in [0, 0.05) is 48.6 Å². The molecule has 168 valence electrons. The van der Waals surface area contributed by atoms with Crippen molar-refractivity contribution in [2.45, 2.75) is 31.7 Å². The van der Waals surface area contributed by atoms with Gasteiger partial charge in [0.15, 0.2) is 0 Å². The van der Waals surface area contributed by atoms with Crippen LogP contribution in [0.1, 0.15) is 42.9 Å². The van der Waals surface area contributed by atoms with Gasteiger partial charge in [0.25, 0.3) is 0 Å². The molecule has 6 nitrogen and oxygen atoms in total. The van der Waals surface area contributed by atoms with Crippen molar-refractivity contribution in [2.24, 2.45) is 0 Å². The molecule has 2 N–H and O–H groups in total. The number of morpholine rings is 1. The van der Waals surface area contributed by atoms with Crippen LogP contribution in [0.2, 0.25) is 5.02 Å². The number of rotatable bonds is 10. The fraction of sp³-hybridized carbons (Fsp3) is 0.458. The fourth-order valence-corrected chi connectivity index (χ4v) is 4.29. The van der Waals surface area contributed by atoms with Crippen LogP contribution in [0.5, 0.6) is 0 Å². The van der Waals surface area contributed by atoms with Crippen LogP contribution in [0.15, 0.2) is 42.5 Å². The molecule has 0 spiro atoms. The summed E-state index contributed by atoms with van der Waals surface area (Å²) in [5.41, 5.74) is 4.04. The molecule has 1 heterocycles. The molecule has 1 saturated heterocycles. The molecular weight excluding hydrogens is 416 g/mol. The van der Waals surface area contributed by atoms with E-state index in [-0.39, 0.29) is 18.4 Å². The van der Waals surface area contributed by atoms with E-state index in [4.69, 9.17) is 21.1 Å². The molecule has 0 aliphatic carbocycles. The van der Waals surface area contributed by atoms with E-state index in [2.05, 4.69) is 29.3 Å². The third-order valence-electron chi connectivity index (χ3n) is 5.69. The minimum atomic E-state index is -0.835. The van der Waals surface area contributed by atoms with Gasteiger partial charge in [-0.25, -0.2) is 0 Å². The second-order valence-electron chi connectivity index (χ2n) is 7.80. The highest BCUT2D eigenvalue weighted by molar-refractivity contribution is 6.30. The van der Waals surface area contributed by atoms with E-state index in [9.17, 15) is 9.90 Å². The van der Waals surface area contributed by atoms with Crippen LogP contribution >= 0.6 is 11.6 Å². The van der Waals surface area contributed by atoms with Gasteiger partial charge in [0.05, 0.1) is 26.2 Å². The lowest BCUT2D eigenvalue weighted by atomic mass is 9.91. The van der Waals surface area contributed by atoms with Gasteiger partial charge < -0.3 is 19.9 Å². The Morgan fingerprint density at radius 3 is 2.55 bits per heavy atom. The number of carboxylic acid groups (broad SMARTS) is 1. The Hall–Kier alpha value is -2.12. The number of hydrogen-bond donors (Lipinski definition) is 2. The number of anilines is 2. The van der Waals surface area contributed by atoms with Crippen molar-refractivity contribution in [3.8, 4) is 0 Å². The molecule has 1 fully saturated rings. The van der Waals surface area contributed by atoms with Crippen LogP contribution in [-0.2, 0) is 14.3 Å². The molecule has 7 heteroatoms. The third-order valence-corrected chi connectivity index (χ3v) is 5.94. The van der Waals surface area contributed by atoms with Gasteiger partial charge in [0.1, 0.15) is 0 Å².